The topological polar surface area (TPSA) is 41.5 Å². The van der Waals surface area contributed by atoms with Crippen LogP contribution in [0.2, 0.25) is 0 Å². The second kappa shape index (κ2) is 8.09. The summed E-state index contributed by atoms with van der Waals surface area (Å²) in [5.74, 6) is 1.51. The molecule has 3 nitrogen and oxygen atoms in total. The van der Waals surface area contributed by atoms with Gasteiger partial charge in [0.2, 0.25) is 0 Å². The van der Waals surface area contributed by atoms with Gasteiger partial charge in [-0.25, -0.2) is 0 Å². The number of aliphatic hydroxyl groups is 1. The number of hydrogen-bond donors (Lipinski definition) is 2. The van der Waals surface area contributed by atoms with E-state index in [1.807, 2.05) is 12.1 Å². The monoisotopic (exact) mass is 237 g/mol. The molecule has 1 aromatic carbocycles. The summed E-state index contributed by atoms with van der Waals surface area (Å²) in [7, 11) is 0. The zero-order chi connectivity index (χ0) is 12.5. The molecular weight excluding hydrogens is 214 g/mol. The Labute approximate surface area is 104 Å². The molecule has 1 aromatic rings. The van der Waals surface area contributed by atoms with Gasteiger partial charge in [0.1, 0.15) is 12.4 Å². The van der Waals surface area contributed by atoms with Crippen molar-refractivity contribution in [3.63, 3.8) is 0 Å². The summed E-state index contributed by atoms with van der Waals surface area (Å²) in [6, 6.07) is 8.30. The number of rotatable bonds is 8. The molecule has 17 heavy (non-hydrogen) atoms. The van der Waals surface area contributed by atoms with Crippen LogP contribution in [0, 0.1) is 0 Å². The molecule has 0 aromatic heterocycles. The lowest BCUT2D eigenvalue weighted by molar-refractivity contribution is 0.276. The van der Waals surface area contributed by atoms with Crippen molar-refractivity contribution in [3.8, 4) is 5.75 Å². The SMILES string of the molecule is CC[C@@H](C)c1ccc(OCCNCCO)cc1. The first kappa shape index (κ1) is 14.0. The Morgan fingerprint density at radius 1 is 1.24 bits per heavy atom. The number of benzene rings is 1. The van der Waals surface area contributed by atoms with Gasteiger partial charge in [0, 0.05) is 13.1 Å². The normalized spacial score (nSPS) is 12.4. The van der Waals surface area contributed by atoms with Gasteiger partial charge in [-0.15, -0.1) is 0 Å². The summed E-state index contributed by atoms with van der Waals surface area (Å²) < 4.78 is 5.58. The van der Waals surface area contributed by atoms with Gasteiger partial charge >= 0.3 is 0 Å². The molecule has 0 amide bonds. The Hall–Kier alpha value is -1.06. The summed E-state index contributed by atoms with van der Waals surface area (Å²) in [5, 5.41) is 11.7. The summed E-state index contributed by atoms with van der Waals surface area (Å²) >= 11 is 0. The average Bonchev–Trinajstić information content (AvgIpc) is 2.38. The highest BCUT2D eigenvalue weighted by molar-refractivity contribution is 5.29. The van der Waals surface area contributed by atoms with Crippen molar-refractivity contribution in [2.75, 3.05) is 26.3 Å². The van der Waals surface area contributed by atoms with E-state index in [4.69, 9.17) is 9.84 Å². The standard InChI is InChI=1S/C14H23NO2/c1-3-12(2)13-4-6-14(7-5-13)17-11-9-15-8-10-16/h4-7,12,15-16H,3,8-11H2,1-2H3/t12-/m1/s1. The van der Waals surface area contributed by atoms with Gasteiger partial charge in [-0.05, 0) is 30.0 Å². The Bertz CT molecular complexity index is 298. The van der Waals surface area contributed by atoms with E-state index in [0.29, 0.717) is 19.1 Å². The zero-order valence-corrected chi connectivity index (χ0v) is 10.8. The molecule has 0 fully saturated rings. The molecule has 2 N–H and O–H groups in total. The molecular formula is C14H23NO2. The van der Waals surface area contributed by atoms with E-state index in [0.717, 1.165) is 18.7 Å². The summed E-state index contributed by atoms with van der Waals surface area (Å²) in [5.41, 5.74) is 1.36. The van der Waals surface area contributed by atoms with E-state index in [9.17, 15) is 0 Å². The van der Waals surface area contributed by atoms with Crippen LogP contribution in [0.3, 0.4) is 0 Å². The smallest absolute Gasteiger partial charge is 0.119 e. The van der Waals surface area contributed by atoms with Crippen molar-refractivity contribution in [3.05, 3.63) is 29.8 Å². The minimum absolute atomic E-state index is 0.170. The molecule has 0 saturated carbocycles. The van der Waals surface area contributed by atoms with Gasteiger partial charge in [-0.1, -0.05) is 26.0 Å². The molecule has 0 aliphatic rings. The maximum absolute atomic E-state index is 8.59. The van der Waals surface area contributed by atoms with Gasteiger partial charge in [0.05, 0.1) is 6.61 Å². The summed E-state index contributed by atoms with van der Waals surface area (Å²) in [6.07, 6.45) is 1.16. The van der Waals surface area contributed by atoms with Gasteiger partial charge in [-0.2, -0.15) is 0 Å². The van der Waals surface area contributed by atoms with Gasteiger partial charge in [0.15, 0.2) is 0 Å². The molecule has 0 unspecified atom stereocenters. The fourth-order valence-corrected chi connectivity index (χ4v) is 1.57. The number of nitrogens with one attached hydrogen (secondary N) is 1. The van der Waals surface area contributed by atoms with Crippen LogP contribution in [0.5, 0.6) is 5.75 Å². The molecule has 0 heterocycles. The Kier molecular flexibility index (Phi) is 6.67. The molecule has 1 atom stereocenters. The quantitative estimate of drug-likeness (QED) is 0.681. The number of ether oxygens (including phenoxy) is 1. The average molecular weight is 237 g/mol. The van der Waals surface area contributed by atoms with Crippen LogP contribution < -0.4 is 10.1 Å². The molecule has 0 radical (unpaired) electrons. The second-order valence-corrected chi connectivity index (χ2v) is 4.20. The third kappa shape index (κ3) is 5.20. The molecule has 1 rings (SSSR count). The molecule has 0 spiro atoms. The first-order valence-electron chi connectivity index (χ1n) is 6.32. The fraction of sp³-hybridized carbons (Fsp3) is 0.571. The first-order chi connectivity index (χ1) is 8.27. The lowest BCUT2D eigenvalue weighted by atomic mass is 9.99. The summed E-state index contributed by atoms with van der Waals surface area (Å²) in [6.45, 7) is 6.60. The predicted octanol–water partition coefficient (Wildman–Crippen LogP) is 2.16. The van der Waals surface area contributed by atoms with Gasteiger partial charge in [0.25, 0.3) is 0 Å². The molecule has 3 heteroatoms. The number of aliphatic hydroxyl groups excluding tert-OH is 1. The van der Waals surface area contributed by atoms with Crippen molar-refractivity contribution >= 4 is 0 Å². The lowest BCUT2D eigenvalue weighted by Gasteiger charge is -2.11. The maximum atomic E-state index is 8.59. The Morgan fingerprint density at radius 3 is 2.53 bits per heavy atom. The van der Waals surface area contributed by atoms with E-state index in [2.05, 4.69) is 31.3 Å². The molecule has 0 bridgehead atoms. The van der Waals surface area contributed by atoms with Crippen molar-refractivity contribution in [2.45, 2.75) is 26.2 Å². The highest BCUT2D eigenvalue weighted by atomic mass is 16.5. The van der Waals surface area contributed by atoms with E-state index >= 15 is 0 Å². The minimum Gasteiger partial charge on any atom is -0.492 e. The van der Waals surface area contributed by atoms with Crippen LogP contribution in [0.1, 0.15) is 31.7 Å². The van der Waals surface area contributed by atoms with E-state index in [1.165, 1.54) is 5.56 Å². The van der Waals surface area contributed by atoms with E-state index in [-0.39, 0.29) is 6.61 Å². The molecule has 0 saturated heterocycles. The Morgan fingerprint density at radius 2 is 1.94 bits per heavy atom. The van der Waals surface area contributed by atoms with Gasteiger partial charge < -0.3 is 15.2 Å². The minimum atomic E-state index is 0.170. The highest BCUT2D eigenvalue weighted by Gasteiger charge is 2.02. The van der Waals surface area contributed by atoms with Crippen molar-refractivity contribution in [1.29, 1.82) is 0 Å². The van der Waals surface area contributed by atoms with E-state index < -0.39 is 0 Å². The van der Waals surface area contributed by atoms with E-state index in [1.54, 1.807) is 0 Å². The predicted molar refractivity (Wildman–Crippen MR) is 70.6 cm³/mol. The van der Waals surface area contributed by atoms with Gasteiger partial charge in [-0.3, -0.25) is 0 Å². The Balaban J connectivity index is 2.30. The van der Waals surface area contributed by atoms with Crippen molar-refractivity contribution < 1.29 is 9.84 Å². The van der Waals surface area contributed by atoms with Crippen LogP contribution in [0.25, 0.3) is 0 Å². The van der Waals surface area contributed by atoms with Crippen LogP contribution in [0.4, 0.5) is 0 Å². The first-order valence-corrected chi connectivity index (χ1v) is 6.32. The summed E-state index contributed by atoms with van der Waals surface area (Å²) in [4.78, 5) is 0. The third-order valence-electron chi connectivity index (χ3n) is 2.90. The molecule has 0 aliphatic heterocycles. The maximum Gasteiger partial charge on any atom is 0.119 e. The fourth-order valence-electron chi connectivity index (χ4n) is 1.57. The van der Waals surface area contributed by atoms with Crippen LogP contribution in [0.15, 0.2) is 24.3 Å². The molecule has 96 valence electrons. The van der Waals surface area contributed by atoms with Crippen LogP contribution in [-0.4, -0.2) is 31.4 Å². The third-order valence-corrected chi connectivity index (χ3v) is 2.90. The van der Waals surface area contributed by atoms with Crippen molar-refractivity contribution in [1.82, 2.24) is 5.32 Å². The lowest BCUT2D eigenvalue weighted by Crippen LogP contribution is -2.23. The number of hydrogen-bond acceptors (Lipinski definition) is 3. The van der Waals surface area contributed by atoms with Crippen molar-refractivity contribution in [2.24, 2.45) is 0 Å². The molecule has 0 aliphatic carbocycles. The largest absolute Gasteiger partial charge is 0.492 e. The highest BCUT2D eigenvalue weighted by Crippen LogP contribution is 2.21. The van der Waals surface area contributed by atoms with Crippen LogP contribution >= 0.6 is 0 Å². The zero-order valence-electron chi connectivity index (χ0n) is 10.8. The second-order valence-electron chi connectivity index (χ2n) is 4.20. The van der Waals surface area contributed by atoms with Crippen LogP contribution in [-0.2, 0) is 0 Å².